The van der Waals surface area contributed by atoms with Gasteiger partial charge in [0, 0.05) is 25.6 Å². The molecular weight excluding hydrogens is 370 g/mol. The van der Waals surface area contributed by atoms with Crippen LogP contribution in [-0.4, -0.2) is 41.2 Å². The average molecular weight is 396 g/mol. The van der Waals surface area contributed by atoms with Crippen molar-refractivity contribution < 1.29 is 9.59 Å². The Hall–Kier alpha value is -2.65. The molecule has 1 fully saturated rings. The van der Waals surface area contributed by atoms with Crippen LogP contribution in [0.5, 0.6) is 0 Å². The van der Waals surface area contributed by atoms with Crippen molar-refractivity contribution in [2.75, 3.05) is 19.6 Å². The molecule has 146 valence electrons. The Bertz CT molecular complexity index is 847. The molecule has 1 aromatic heterocycles. The van der Waals surface area contributed by atoms with E-state index in [0.717, 1.165) is 10.4 Å². The fourth-order valence-electron chi connectivity index (χ4n) is 3.76. The van der Waals surface area contributed by atoms with Crippen molar-refractivity contribution >= 4 is 23.2 Å². The third-order valence-corrected chi connectivity index (χ3v) is 6.33. The Morgan fingerprint density at radius 1 is 1.25 bits per heavy atom. The predicted octanol–water partition coefficient (Wildman–Crippen LogP) is 4.08. The fourth-order valence-corrected chi connectivity index (χ4v) is 4.45. The molecule has 0 N–H and O–H groups in total. The van der Waals surface area contributed by atoms with Crippen LogP contribution in [-0.2, 0) is 4.79 Å². The van der Waals surface area contributed by atoms with E-state index in [1.807, 2.05) is 53.3 Å². The minimum atomic E-state index is -0.0480. The Morgan fingerprint density at radius 2 is 1.93 bits per heavy atom. The number of hydrogen-bond acceptors (Lipinski definition) is 4. The lowest BCUT2D eigenvalue weighted by atomic mass is 9.93. The summed E-state index contributed by atoms with van der Waals surface area (Å²) in [5.41, 5.74) is 1.65. The van der Waals surface area contributed by atoms with Crippen molar-refractivity contribution in [3.63, 3.8) is 0 Å². The molecule has 0 bridgehead atoms. The number of benzene rings is 1. The molecule has 1 aromatic carbocycles. The highest BCUT2D eigenvalue weighted by molar-refractivity contribution is 7.12. The minimum absolute atomic E-state index is 0.0453. The normalized spacial score (nSPS) is 15.7. The van der Waals surface area contributed by atoms with E-state index in [9.17, 15) is 9.59 Å². The molecule has 2 heterocycles. The third kappa shape index (κ3) is 4.26. The van der Waals surface area contributed by atoms with Gasteiger partial charge >= 0.3 is 0 Å². The smallest absolute Gasteiger partial charge is 0.263 e. The van der Waals surface area contributed by atoms with Crippen LogP contribution in [0.4, 0.5) is 0 Å². The fraction of sp³-hybridized carbons (Fsp3) is 0.409. The summed E-state index contributed by atoms with van der Waals surface area (Å²) in [7, 11) is 0. The van der Waals surface area contributed by atoms with Gasteiger partial charge in [0.05, 0.1) is 22.6 Å². The van der Waals surface area contributed by atoms with Crippen molar-refractivity contribution in [1.82, 2.24) is 9.80 Å². The largest absolute Gasteiger partial charge is 0.338 e. The quantitative estimate of drug-likeness (QED) is 0.766. The zero-order chi connectivity index (χ0) is 20.1. The summed E-state index contributed by atoms with van der Waals surface area (Å²) in [4.78, 5) is 30.2. The van der Waals surface area contributed by atoms with Gasteiger partial charge in [-0.25, -0.2) is 0 Å². The minimum Gasteiger partial charge on any atom is -0.338 e. The van der Waals surface area contributed by atoms with Crippen LogP contribution in [0.3, 0.4) is 0 Å². The number of carbonyl (C=O) groups is 2. The zero-order valence-corrected chi connectivity index (χ0v) is 17.1. The van der Waals surface area contributed by atoms with Crippen LogP contribution in [0.15, 0.2) is 41.8 Å². The van der Waals surface area contributed by atoms with Crippen molar-refractivity contribution in [3.05, 3.63) is 57.8 Å². The van der Waals surface area contributed by atoms with Gasteiger partial charge in [-0.1, -0.05) is 18.2 Å². The maximum atomic E-state index is 13.1. The summed E-state index contributed by atoms with van der Waals surface area (Å²) in [6, 6.07) is 13.2. The van der Waals surface area contributed by atoms with Crippen molar-refractivity contribution in [3.8, 4) is 6.07 Å². The molecule has 5 nitrogen and oxygen atoms in total. The first-order valence-electron chi connectivity index (χ1n) is 9.68. The highest BCUT2D eigenvalue weighted by Gasteiger charge is 2.32. The average Bonchev–Trinajstić information content (AvgIpc) is 3.28. The monoisotopic (exact) mass is 395 g/mol. The molecule has 2 aromatic rings. The molecule has 2 amide bonds. The standard InChI is InChI=1S/C22H25N3O2S/c1-3-25(16(2)18-8-6-17(15-23)7-9-18)21(26)19-10-12-24(13-11-19)22(27)20-5-4-14-28-20/h4-9,14,16,19H,3,10-13H2,1-2H3. The van der Waals surface area contributed by atoms with E-state index in [1.54, 1.807) is 12.1 Å². The molecule has 6 heteroatoms. The van der Waals surface area contributed by atoms with Crippen LogP contribution < -0.4 is 0 Å². The predicted molar refractivity (Wildman–Crippen MR) is 110 cm³/mol. The Labute approximate surface area is 170 Å². The van der Waals surface area contributed by atoms with Gasteiger partial charge < -0.3 is 9.80 Å². The molecule has 1 saturated heterocycles. The topological polar surface area (TPSA) is 64.4 Å². The molecule has 1 atom stereocenters. The van der Waals surface area contributed by atoms with E-state index in [4.69, 9.17) is 5.26 Å². The van der Waals surface area contributed by atoms with E-state index in [2.05, 4.69) is 6.07 Å². The first-order valence-corrected chi connectivity index (χ1v) is 10.6. The number of hydrogen-bond donors (Lipinski definition) is 0. The Kier molecular flexibility index (Phi) is 6.48. The van der Waals surface area contributed by atoms with Crippen LogP contribution >= 0.6 is 11.3 Å². The van der Waals surface area contributed by atoms with Crippen LogP contribution in [0, 0.1) is 17.2 Å². The Balaban J connectivity index is 1.62. The lowest BCUT2D eigenvalue weighted by Crippen LogP contribution is -2.45. The van der Waals surface area contributed by atoms with E-state index >= 15 is 0 Å². The number of likely N-dealkylation sites (tertiary alicyclic amines) is 1. The van der Waals surface area contributed by atoms with Gasteiger partial charge in [0.25, 0.3) is 5.91 Å². The molecule has 0 radical (unpaired) electrons. The van der Waals surface area contributed by atoms with Crippen LogP contribution in [0.2, 0.25) is 0 Å². The maximum absolute atomic E-state index is 13.1. The second kappa shape index (κ2) is 9.03. The summed E-state index contributed by atoms with van der Waals surface area (Å²) in [5, 5.41) is 10.9. The Morgan fingerprint density at radius 3 is 2.46 bits per heavy atom. The van der Waals surface area contributed by atoms with E-state index < -0.39 is 0 Å². The van der Waals surface area contributed by atoms with E-state index in [0.29, 0.717) is 38.0 Å². The summed E-state index contributed by atoms with van der Waals surface area (Å²) < 4.78 is 0. The first-order chi connectivity index (χ1) is 13.5. The molecule has 1 aliphatic rings. The molecular formula is C22H25N3O2S. The van der Waals surface area contributed by atoms with Gasteiger partial charge in [0.2, 0.25) is 5.91 Å². The summed E-state index contributed by atoms with van der Waals surface area (Å²) in [5.74, 6) is 0.176. The number of thiophene rings is 1. The van der Waals surface area contributed by atoms with Crippen molar-refractivity contribution in [2.24, 2.45) is 5.92 Å². The SMILES string of the molecule is CCN(C(=O)C1CCN(C(=O)c2cccs2)CC1)C(C)c1ccc(C#N)cc1. The van der Waals surface area contributed by atoms with Crippen molar-refractivity contribution in [1.29, 1.82) is 5.26 Å². The van der Waals surface area contributed by atoms with Gasteiger partial charge in [0.15, 0.2) is 0 Å². The maximum Gasteiger partial charge on any atom is 0.263 e. The lowest BCUT2D eigenvalue weighted by Gasteiger charge is -2.36. The van der Waals surface area contributed by atoms with Gasteiger partial charge in [-0.2, -0.15) is 5.26 Å². The summed E-state index contributed by atoms with van der Waals surface area (Å²) >= 11 is 1.46. The van der Waals surface area contributed by atoms with Crippen molar-refractivity contribution in [2.45, 2.75) is 32.7 Å². The number of amides is 2. The molecule has 3 rings (SSSR count). The number of nitriles is 1. The molecule has 0 spiro atoms. The second-order valence-corrected chi connectivity index (χ2v) is 8.03. The third-order valence-electron chi connectivity index (χ3n) is 5.48. The summed E-state index contributed by atoms with van der Waals surface area (Å²) in [6.07, 6.45) is 1.40. The number of piperidine rings is 1. The highest BCUT2D eigenvalue weighted by atomic mass is 32.1. The lowest BCUT2D eigenvalue weighted by molar-refractivity contribution is -0.139. The van der Waals surface area contributed by atoms with Gasteiger partial charge in [0.1, 0.15) is 0 Å². The molecule has 1 unspecified atom stereocenters. The highest BCUT2D eigenvalue weighted by Crippen LogP contribution is 2.27. The second-order valence-electron chi connectivity index (χ2n) is 7.08. The summed E-state index contributed by atoms with van der Waals surface area (Å²) in [6.45, 7) is 5.89. The zero-order valence-electron chi connectivity index (χ0n) is 16.3. The number of rotatable bonds is 5. The van der Waals surface area contributed by atoms with E-state index in [1.165, 1.54) is 11.3 Å². The molecule has 0 saturated carbocycles. The van der Waals surface area contributed by atoms with Crippen LogP contribution in [0.1, 0.15) is 53.5 Å². The van der Waals surface area contributed by atoms with Gasteiger partial charge in [-0.3, -0.25) is 9.59 Å². The number of carbonyl (C=O) groups excluding carboxylic acids is 2. The molecule has 1 aliphatic heterocycles. The molecule has 0 aliphatic carbocycles. The number of nitrogens with zero attached hydrogens (tertiary/aromatic N) is 3. The van der Waals surface area contributed by atoms with E-state index in [-0.39, 0.29) is 23.8 Å². The van der Waals surface area contributed by atoms with Gasteiger partial charge in [-0.05, 0) is 55.8 Å². The van der Waals surface area contributed by atoms with Gasteiger partial charge in [-0.15, -0.1) is 11.3 Å². The van der Waals surface area contributed by atoms with Crippen LogP contribution in [0.25, 0.3) is 0 Å². The first kappa shape index (κ1) is 20.1. The molecule has 28 heavy (non-hydrogen) atoms.